The number of hydrogen-bond acceptors (Lipinski definition) is 1. The van der Waals surface area contributed by atoms with Crippen molar-refractivity contribution in [2.75, 3.05) is 11.5 Å². The topological polar surface area (TPSA) is 0 Å². The van der Waals surface area contributed by atoms with E-state index in [2.05, 4.69) is 20.8 Å². The monoisotopic (exact) mass is 173 g/mol. The molecule has 0 rings (SSSR count). The molecule has 0 aromatic carbocycles. The van der Waals surface area contributed by atoms with E-state index in [9.17, 15) is 0 Å². The number of unbranched alkanes of at least 4 members (excludes halogenated alkanes) is 1. The highest BCUT2D eigenvalue weighted by atomic mass is 32.2. The largest absolute Gasteiger partial charge is 0.162 e. The Morgan fingerprint density at radius 1 is 1.36 bits per heavy atom. The molecule has 0 heterocycles. The zero-order chi connectivity index (χ0) is 8.53. The van der Waals surface area contributed by atoms with Crippen molar-refractivity contribution < 1.29 is 0 Å². The average molecular weight is 173 g/mol. The summed E-state index contributed by atoms with van der Waals surface area (Å²) < 4.78 is 0. The number of thioether (sulfide) groups is 1. The minimum Gasteiger partial charge on any atom is -0.162 e. The molecule has 1 unspecified atom stereocenters. The van der Waals surface area contributed by atoms with Crippen LogP contribution in [0.4, 0.5) is 0 Å². The molecule has 0 aromatic rings. The molecular weight excluding hydrogens is 152 g/mol. The zero-order valence-corrected chi connectivity index (χ0v) is 8.75. The van der Waals surface area contributed by atoms with Crippen molar-refractivity contribution in [3.05, 3.63) is 6.92 Å². The second kappa shape index (κ2) is 8.45. The summed E-state index contributed by atoms with van der Waals surface area (Å²) in [6, 6.07) is 0. The van der Waals surface area contributed by atoms with Crippen LogP contribution in [0.15, 0.2) is 0 Å². The zero-order valence-electron chi connectivity index (χ0n) is 7.94. The van der Waals surface area contributed by atoms with Crippen LogP contribution >= 0.6 is 11.8 Å². The van der Waals surface area contributed by atoms with Crippen LogP contribution < -0.4 is 0 Å². The van der Waals surface area contributed by atoms with Crippen LogP contribution in [-0.4, -0.2) is 11.5 Å². The predicted octanol–water partition coefficient (Wildman–Crippen LogP) is 3.77. The van der Waals surface area contributed by atoms with Crippen LogP contribution in [-0.2, 0) is 0 Å². The van der Waals surface area contributed by atoms with Crippen LogP contribution in [0, 0.1) is 12.8 Å². The van der Waals surface area contributed by atoms with E-state index in [1.807, 2.05) is 11.8 Å². The summed E-state index contributed by atoms with van der Waals surface area (Å²) in [5.41, 5.74) is 0. The predicted molar refractivity (Wildman–Crippen MR) is 56.0 cm³/mol. The first-order valence-corrected chi connectivity index (χ1v) is 5.87. The molecule has 1 heteroatoms. The van der Waals surface area contributed by atoms with Gasteiger partial charge in [0.2, 0.25) is 0 Å². The van der Waals surface area contributed by atoms with Gasteiger partial charge in [-0.3, -0.25) is 0 Å². The molecular formula is C10H21S. The lowest BCUT2D eigenvalue weighted by atomic mass is 10.0. The highest BCUT2D eigenvalue weighted by Crippen LogP contribution is 2.17. The fourth-order valence-corrected chi connectivity index (χ4v) is 2.05. The van der Waals surface area contributed by atoms with Gasteiger partial charge in [0.25, 0.3) is 0 Å². The SMILES string of the molecule is [CH2]CSCC(CC)CCCC. The van der Waals surface area contributed by atoms with E-state index in [0.29, 0.717) is 0 Å². The third kappa shape index (κ3) is 6.74. The summed E-state index contributed by atoms with van der Waals surface area (Å²) >= 11 is 1.98. The maximum absolute atomic E-state index is 3.84. The first-order chi connectivity index (χ1) is 5.35. The van der Waals surface area contributed by atoms with Gasteiger partial charge >= 0.3 is 0 Å². The minimum atomic E-state index is 0.946. The third-order valence-electron chi connectivity index (χ3n) is 2.04. The van der Waals surface area contributed by atoms with Crippen LogP contribution in [0.25, 0.3) is 0 Å². The molecule has 1 radical (unpaired) electrons. The Labute approximate surface area is 76.1 Å². The van der Waals surface area contributed by atoms with Gasteiger partial charge in [0, 0.05) is 0 Å². The lowest BCUT2D eigenvalue weighted by Crippen LogP contribution is -2.02. The third-order valence-corrected chi connectivity index (χ3v) is 3.04. The molecule has 11 heavy (non-hydrogen) atoms. The Bertz CT molecular complexity index is 63.3. The molecule has 0 aliphatic rings. The van der Waals surface area contributed by atoms with Gasteiger partial charge in [0.15, 0.2) is 0 Å². The molecule has 1 atom stereocenters. The van der Waals surface area contributed by atoms with E-state index >= 15 is 0 Å². The maximum Gasteiger partial charge on any atom is -0.00392 e. The second-order valence-electron chi connectivity index (χ2n) is 2.99. The summed E-state index contributed by atoms with van der Waals surface area (Å²) in [6.45, 7) is 8.40. The molecule has 0 aliphatic heterocycles. The smallest absolute Gasteiger partial charge is 0.00392 e. The van der Waals surface area contributed by atoms with Gasteiger partial charge in [-0.05, 0) is 30.8 Å². The van der Waals surface area contributed by atoms with Crippen molar-refractivity contribution in [2.24, 2.45) is 5.92 Å². The minimum absolute atomic E-state index is 0.946. The molecule has 0 aliphatic carbocycles. The summed E-state index contributed by atoms with van der Waals surface area (Å²) in [7, 11) is 0. The van der Waals surface area contributed by atoms with Crippen molar-refractivity contribution in [2.45, 2.75) is 39.5 Å². The van der Waals surface area contributed by atoms with Crippen molar-refractivity contribution in [1.82, 2.24) is 0 Å². The molecule has 67 valence electrons. The summed E-state index contributed by atoms with van der Waals surface area (Å²) in [5, 5.41) is 0. The fraction of sp³-hybridized carbons (Fsp3) is 0.900. The van der Waals surface area contributed by atoms with E-state index in [0.717, 1.165) is 11.7 Å². The summed E-state index contributed by atoms with van der Waals surface area (Å²) in [4.78, 5) is 0. The molecule has 0 spiro atoms. The average Bonchev–Trinajstić information content (AvgIpc) is 2.05. The van der Waals surface area contributed by atoms with Crippen molar-refractivity contribution in [3.8, 4) is 0 Å². The standard InChI is InChI=1S/C10H21S/c1-4-7-8-10(5-2)9-11-6-3/h10H,3-9H2,1-2H3. The highest BCUT2D eigenvalue weighted by molar-refractivity contribution is 7.99. The Hall–Kier alpha value is 0.350. The Kier molecular flexibility index (Phi) is 8.72. The van der Waals surface area contributed by atoms with E-state index in [1.54, 1.807) is 0 Å². The van der Waals surface area contributed by atoms with Crippen molar-refractivity contribution in [1.29, 1.82) is 0 Å². The molecule has 0 fully saturated rings. The normalized spacial score (nSPS) is 13.4. The van der Waals surface area contributed by atoms with Gasteiger partial charge < -0.3 is 0 Å². The molecule has 0 nitrogen and oxygen atoms in total. The van der Waals surface area contributed by atoms with Crippen LogP contribution in [0.2, 0.25) is 0 Å². The van der Waals surface area contributed by atoms with E-state index in [-0.39, 0.29) is 0 Å². The van der Waals surface area contributed by atoms with Crippen molar-refractivity contribution in [3.63, 3.8) is 0 Å². The molecule has 0 bridgehead atoms. The molecule has 0 saturated carbocycles. The summed E-state index contributed by atoms with van der Waals surface area (Å²) in [6.07, 6.45) is 5.49. The first kappa shape index (κ1) is 11.4. The van der Waals surface area contributed by atoms with Gasteiger partial charge in [-0.25, -0.2) is 0 Å². The lowest BCUT2D eigenvalue weighted by Gasteiger charge is -2.12. The van der Waals surface area contributed by atoms with Crippen LogP contribution in [0.5, 0.6) is 0 Å². The molecule has 0 saturated heterocycles. The lowest BCUT2D eigenvalue weighted by molar-refractivity contribution is 0.500. The van der Waals surface area contributed by atoms with Crippen molar-refractivity contribution >= 4 is 11.8 Å². The Balaban J connectivity index is 3.25. The highest BCUT2D eigenvalue weighted by Gasteiger charge is 2.03. The molecule has 0 N–H and O–H groups in total. The molecule has 0 amide bonds. The number of rotatable bonds is 7. The van der Waals surface area contributed by atoms with Gasteiger partial charge in [-0.15, -0.1) is 0 Å². The van der Waals surface area contributed by atoms with Gasteiger partial charge in [-0.1, -0.05) is 33.1 Å². The molecule has 0 aromatic heterocycles. The van der Waals surface area contributed by atoms with Gasteiger partial charge in [0.05, 0.1) is 0 Å². The Morgan fingerprint density at radius 2 is 2.09 bits per heavy atom. The quantitative estimate of drug-likeness (QED) is 0.565. The summed E-state index contributed by atoms with van der Waals surface area (Å²) in [5.74, 6) is 3.30. The van der Waals surface area contributed by atoms with E-state index < -0.39 is 0 Å². The van der Waals surface area contributed by atoms with Gasteiger partial charge in [-0.2, -0.15) is 11.8 Å². The van der Waals surface area contributed by atoms with Gasteiger partial charge in [0.1, 0.15) is 0 Å². The van der Waals surface area contributed by atoms with Crippen LogP contribution in [0.1, 0.15) is 39.5 Å². The van der Waals surface area contributed by atoms with E-state index in [1.165, 1.54) is 31.4 Å². The van der Waals surface area contributed by atoms with Crippen LogP contribution in [0.3, 0.4) is 0 Å². The first-order valence-electron chi connectivity index (χ1n) is 4.72. The van der Waals surface area contributed by atoms with E-state index in [4.69, 9.17) is 0 Å². The Morgan fingerprint density at radius 3 is 2.55 bits per heavy atom. The number of hydrogen-bond donors (Lipinski definition) is 0. The fourth-order valence-electron chi connectivity index (χ4n) is 1.15. The maximum atomic E-state index is 3.84. The second-order valence-corrected chi connectivity index (χ2v) is 4.14.